The quantitative estimate of drug-likeness (QED) is 0.0311. The zero-order chi connectivity index (χ0) is 38.4. The van der Waals surface area contributed by atoms with Gasteiger partial charge in [-0.2, -0.15) is 5.26 Å². The Morgan fingerprint density at radius 3 is 2.08 bits per heavy atom. The number of carbonyl (C=O) groups is 1. The van der Waals surface area contributed by atoms with Crippen LogP contribution in [0.15, 0.2) is 128 Å². The van der Waals surface area contributed by atoms with Gasteiger partial charge in [-0.15, -0.1) is 13.2 Å². The minimum atomic E-state index is -3.12. The highest BCUT2D eigenvalue weighted by molar-refractivity contribution is 7.00. The molecule has 276 valence electrons. The number of rotatable bonds is 19. The highest BCUT2D eigenvalue weighted by atomic mass is 28.4. The van der Waals surface area contributed by atoms with Gasteiger partial charge in [0.25, 0.3) is 5.69 Å². The zero-order valence-corrected chi connectivity index (χ0v) is 32.2. The second-order valence-corrected chi connectivity index (χ2v) is 18.5. The van der Waals surface area contributed by atoms with Crippen LogP contribution in [0.5, 0.6) is 5.75 Å². The standard InChI is InChI=1S/C44H50N2O6Si/c1-7-17-33(3)41(50-32-34-26-28-36(29-27-34)46(48)49)31-37(20-16-30-45)51-43(47)42-35(18-8-2)19-15-25-40(42)52-53(44(4,5)6,38-21-11-9-12-22-38)39-23-13-10-14-24-39/h7-15,19,21-29,33,37,41H,1-2,16-18,20,31-32H2,3-6H3/t33-,37-,41+/m0/s1. The van der Waals surface area contributed by atoms with Crippen molar-refractivity contribution in [3.63, 3.8) is 0 Å². The number of non-ortho nitro benzene ring substituents is 1. The second-order valence-electron chi connectivity index (χ2n) is 14.3. The third kappa shape index (κ3) is 10.2. The molecular weight excluding hydrogens is 681 g/mol. The van der Waals surface area contributed by atoms with Gasteiger partial charge in [0.1, 0.15) is 17.4 Å². The molecule has 0 spiro atoms. The Morgan fingerprint density at radius 2 is 1.55 bits per heavy atom. The average molecular weight is 731 g/mol. The predicted molar refractivity (Wildman–Crippen MR) is 213 cm³/mol. The Kier molecular flexibility index (Phi) is 14.5. The molecule has 0 heterocycles. The summed E-state index contributed by atoms with van der Waals surface area (Å²) in [5.41, 5.74) is 1.85. The number of benzene rings is 4. The van der Waals surface area contributed by atoms with Crippen LogP contribution in [-0.4, -0.2) is 31.4 Å². The summed E-state index contributed by atoms with van der Waals surface area (Å²) in [6.07, 6.45) is 4.48. The molecule has 0 aliphatic rings. The van der Waals surface area contributed by atoms with Crippen molar-refractivity contribution in [1.82, 2.24) is 0 Å². The van der Waals surface area contributed by atoms with E-state index in [9.17, 15) is 20.2 Å². The molecule has 0 fully saturated rings. The number of nitriles is 1. The van der Waals surface area contributed by atoms with Crippen molar-refractivity contribution in [3.05, 3.63) is 155 Å². The third-order valence-electron chi connectivity index (χ3n) is 9.49. The first-order valence-electron chi connectivity index (χ1n) is 18.0. The van der Waals surface area contributed by atoms with Gasteiger partial charge in [-0.3, -0.25) is 10.1 Å². The molecule has 8 nitrogen and oxygen atoms in total. The molecule has 4 aromatic rings. The minimum Gasteiger partial charge on any atom is -0.533 e. The highest BCUT2D eigenvalue weighted by Gasteiger charge is 2.52. The van der Waals surface area contributed by atoms with E-state index in [1.165, 1.54) is 12.1 Å². The number of esters is 1. The largest absolute Gasteiger partial charge is 0.533 e. The fourth-order valence-corrected chi connectivity index (χ4v) is 11.2. The van der Waals surface area contributed by atoms with E-state index in [1.54, 1.807) is 18.2 Å². The molecule has 0 saturated heterocycles. The molecule has 3 atom stereocenters. The van der Waals surface area contributed by atoms with E-state index >= 15 is 0 Å². The fraction of sp³-hybridized carbons (Fsp3) is 0.318. The minimum absolute atomic E-state index is 0.00355. The van der Waals surface area contributed by atoms with E-state index in [2.05, 4.69) is 64.3 Å². The van der Waals surface area contributed by atoms with Crippen LogP contribution < -0.4 is 14.8 Å². The normalized spacial score (nSPS) is 13.2. The summed E-state index contributed by atoms with van der Waals surface area (Å²) < 4.78 is 20.1. The molecule has 0 aliphatic heterocycles. The van der Waals surface area contributed by atoms with Crippen molar-refractivity contribution < 1.29 is 23.6 Å². The van der Waals surface area contributed by atoms with Crippen LogP contribution in [0.4, 0.5) is 5.69 Å². The van der Waals surface area contributed by atoms with Gasteiger partial charge < -0.3 is 13.9 Å². The lowest BCUT2D eigenvalue weighted by molar-refractivity contribution is -0.384. The SMILES string of the molecule is C=CCc1cccc(O[Si](c2ccccc2)(c2ccccc2)C(C)(C)C)c1C(=O)O[C@@H](CCC#N)C[C@@H](OCc1ccc([N+](=O)[O-])cc1)[C@@H](C)CC=C. The monoisotopic (exact) mass is 730 g/mol. The number of nitrogens with zero attached hydrogens (tertiary/aromatic N) is 2. The molecule has 0 bridgehead atoms. The van der Waals surface area contributed by atoms with Gasteiger partial charge in [-0.25, -0.2) is 4.79 Å². The zero-order valence-electron chi connectivity index (χ0n) is 31.2. The highest BCUT2D eigenvalue weighted by Crippen LogP contribution is 2.39. The lowest BCUT2D eigenvalue weighted by Gasteiger charge is -2.43. The van der Waals surface area contributed by atoms with E-state index in [-0.39, 0.29) is 35.8 Å². The molecule has 0 N–H and O–H groups in total. The molecule has 0 saturated carbocycles. The van der Waals surface area contributed by atoms with Crippen LogP contribution in [0, 0.1) is 27.4 Å². The molecule has 0 aromatic heterocycles. The number of nitro benzene ring substituents is 1. The first-order valence-corrected chi connectivity index (χ1v) is 19.9. The van der Waals surface area contributed by atoms with Crippen molar-refractivity contribution >= 4 is 30.3 Å². The Hall–Kier alpha value is -5.30. The lowest BCUT2D eigenvalue weighted by atomic mass is 9.94. The van der Waals surface area contributed by atoms with Crippen LogP contribution in [0.2, 0.25) is 5.04 Å². The topological polar surface area (TPSA) is 112 Å². The average Bonchev–Trinajstić information content (AvgIpc) is 3.15. The van der Waals surface area contributed by atoms with Crippen LogP contribution in [0.25, 0.3) is 0 Å². The van der Waals surface area contributed by atoms with Gasteiger partial charge in [0.2, 0.25) is 0 Å². The molecule has 0 amide bonds. The lowest BCUT2D eigenvalue weighted by Crippen LogP contribution is -2.69. The summed E-state index contributed by atoms with van der Waals surface area (Å²) in [5, 5.41) is 22.5. The van der Waals surface area contributed by atoms with E-state index in [0.717, 1.165) is 21.5 Å². The van der Waals surface area contributed by atoms with Crippen LogP contribution in [0.3, 0.4) is 0 Å². The summed E-state index contributed by atoms with van der Waals surface area (Å²) in [5.74, 6) is -0.0894. The maximum atomic E-state index is 14.6. The first kappa shape index (κ1) is 40.5. The predicted octanol–water partition coefficient (Wildman–Crippen LogP) is 9.28. The Bertz CT molecular complexity index is 1830. The van der Waals surface area contributed by atoms with Crippen molar-refractivity contribution in [2.75, 3.05) is 0 Å². The van der Waals surface area contributed by atoms with Gasteiger partial charge in [0.15, 0.2) is 0 Å². The molecule has 4 rings (SSSR count). The summed E-state index contributed by atoms with van der Waals surface area (Å²) in [4.78, 5) is 25.3. The van der Waals surface area contributed by atoms with Crippen molar-refractivity contribution in [1.29, 1.82) is 5.26 Å². The molecule has 0 radical (unpaired) electrons. The van der Waals surface area contributed by atoms with Crippen LogP contribution in [-0.2, 0) is 22.5 Å². The van der Waals surface area contributed by atoms with Crippen molar-refractivity contribution in [2.45, 2.75) is 83.7 Å². The number of ether oxygens (including phenoxy) is 2. The van der Waals surface area contributed by atoms with Crippen molar-refractivity contribution in [2.24, 2.45) is 5.92 Å². The van der Waals surface area contributed by atoms with Crippen LogP contribution >= 0.6 is 0 Å². The Balaban J connectivity index is 1.73. The fourth-order valence-electron chi connectivity index (χ4n) is 6.75. The second kappa shape index (κ2) is 19.0. The first-order chi connectivity index (χ1) is 25.4. The van der Waals surface area contributed by atoms with Crippen LogP contribution in [0.1, 0.15) is 74.9 Å². The van der Waals surface area contributed by atoms with Gasteiger partial charge >= 0.3 is 14.3 Å². The van der Waals surface area contributed by atoms with Gasteiger partial charge in [0, 0.05) is 25.0 Å². The number of allylic oxidation sites excluding steroid dienone is 2. The smallest absolute Gasteiger partial charge is 0.342 e. The maximum Gasteiger partial charge on any atom is 0.342 e. The molecular formula is C44H50N2O6Si. The molecule has 4 aromatic carbocycles. The van der Waals surface area contributed by atoms with Gasteiger partial charge in [0.05, 0.1) is 23.7 Å². The number of hydrogen-bond acceptors (Lipinski definition) is 7. The number of hydrogen-bond donors (Lipinski definition) is 0. The third-order valence-corrected chi connectivity index (χ3v) is 14.4. The van der Waals surface area contributed by atoms with Crippen molar-refractivity contribution in [3.8, 4) is 11.8 Å². The molecule has 9 heteroatoms. The summed E-state index contributed by atoms with van der Waals surface area (Å²) in [7, 11) is -3.12. The van der Waals surface area contributed by atoms with Gasteiger partial charge in [-0.1, -0.05) is 113 Å². The Morgan fingerprint density at radius 1 is 0.925 bits per heavy atom. The molecule has 0 aliphatic carbocycles. The maximum absolute atomic E-state index is 14.6. The molecule has 53 heavy (non-hydrogen) atoms. The van der Waals surface area contributed by atoms with Gasteiger partial charge in [-0.05, 0) is 69.9 Å². The summed E-state index contributed by atoms with van der Waals surface area (Å²) >= 11 is 0. The number of carbonyl (C=O) groups excluding carboxylic acids is 1. The van der Waals surface area contributed by atoms with E-state index < -0.39 is 25.3 Å². The summed E-state index contributed by atoms with van der Waals surface area (Å²) in [6, 6.07) is 34.6. The van der Waals surface area contributed by atoms with E-state index in [1.807, 2.05) is 67.6 Å². The summed E-state index contributed by atoms with van der Waals surface area (Å²) in [6.45, 7) is 16.7. The molecule has 0 unspecified atom stereocenters. The van der Waals surface area contributed by atoms with E-state index in [0.29, 0.717) is 37.0 Å². The number of nitro groups is 1. The Labute approximate surface area is 315 Å². The van der Waals surface area contributed by atoms with E-state index in [4.69, 9.17) is 13.9 Å².